The summed E-state index contributed by atoms with van der Waals surface area (Å²) in [4.78, 5) is 25.6. The van der Waals surface area contributed by atoms with Crippen LogP contribution in [0.4, 0.5) is 0 Å². The number of amides is 2. The maximum Gasteiger partial charge on any atom is 0.259 e. The number of carbonyl (C=O) groups is 2. The van der Waals surface area contributed by atoms with Crippen molar-refractivity contribution in [3.05, 3.63) is 29.8 Å². The molecule has 2 amide bonds. The first-order chi connectivity index (χ1) is 12.0. The van der Waals surface area contributed by atoms with Gasteiger partial charge in [-0.25, -0.2) is 0 Å². The van der Waals surface area contributed by atoms with Crippen molar-refractivity contribution in [1.82, 2.24) is 15.5 Å². The van der Waals surface area contributed by atoms with E-state index in [4.69, 9.17) is 9.47 Å². The molecule has 0 radical (unpaired) electrons. The second kappa shape index (κ2) is 10.4. The SMILES string of the molecule is COC1(C(=O)NCc2cccc(OCC(=O)N(C)C)c2)CCNCC1.Cl. The zero-order chi connectivity index (χ0) is 18.3. The molecule has 1 aromatic rings. The van der Waals surface area contributed by atoms with Gasteiger partial charge in [0.15, 0.2) is 6.61 Å². The predicted octanol–water partition coefficient (Wildman–Crippen LogP) is 0.960. The van der Waals surface area contributed by atoms with Crippen molar-refractivity contribution in [2.24, 2.45) is 0 Å². The Kier molecular flexibility index (Phi) is 8.84. The Labute approximate surface area is 160 Å². The van der Waals surface area contributed by atoms with Gasteiger partial charge in [-0.1, -0.05) is 12.1 Å². The molecule has 0 aliphatic carbocycles. The molecule has 0 unspecified atom stereocenters. The third-order valence-electron chi connectivity index (χ3n) is 4.43. The van der Waals surface area contributed by atoms with Gasteiger partial charge in [0.25, 0.3) is 11.8 Å². The highest BCUT2D eigenvalue weighted by Crippen LogP contribution is 2.23. The van der Waals surface area contributed by atoms with Crippen LogP contribution in [0.25, 0.3) is 0 Å². The summed E-state index contributed by atoms with van der Waals surface area (Å²) in [5.41, 5.74) is 0.153. The van der Waals surface area contributed by atoms with Crippen LogP contribution >= 0.6 is 12.4 Å². The lowest BCUT2D eigenvalue weighted by Crippen LogP contribution is -2.53. The second-order valence-corrected chi connectivity index (χ2v) is 6.36. The Bertz CT molecular complexity index is 604. The third-order valence-corrected chi connectivity index (χ3v) is 4.43. The lowest BCUT2D eigenvalue weighted by molar-refractivity contribution is -0.146. The zero-order valence-electron chi connectivity index (χ0n) is 15.5. The summed E-state index contributed by atoms with van der Waals surface area (Å²) in [6.07, 6.45) is 1.32. The minimum absolute atomic E-state index is 0. The van der Waals surface area contributed by atoms with Crippen LogP contribution in [0.15, 0.2) is 24.3 Å². The summed E-state index contributed by atoms with van der Waals surface area (Å²) < 4.78 is 11.0. The fourth-order valence-corrected chi connectivity index (χ4v) is 2.72. The van der Waals surface area contributed by atoms with Crippen LogP contribution in [0.5, 0.6) is 5.75 Å². The maximum atomic E-state index is 12.6. The van der Waals surface area contributed by atoms with Crippen LogP contribution < -0.4 is 15.4 Å². The molecule has 0 bridgehead atoms. The van der Waals surface area contributed by atoms with Gasteiger partial charge in [-0.2, -0.15) is 0 Å². The molecule has 2 rings (SSSR count). The van der Waals surface area contributed by atoms with Crippen LogP contribution in [-0.2, 0) is 20.9 Å². The van der Waals surface area contributed by atoms with Gasteiger partial charge < -0.3 is 25.0 Å². The molecule has 26 heavy (non-hydrogen) atoms. The first kappa shape index (κ1) is 22.2. The van der Waals surface area contributed by atoms with Gasteiger partial charge in [-0.3, -0.25) is 9.59 Å². The van der Waals surface area contributed by atoms with Crippen LogP contribution in [0.1, 0.15) is 18.4 Å². The number of piperidine rings is 1. The van der Waals surface area contributed by atoms with E-state index < -0.39 is 5.60 Å². The summed E-state index contributed by atoms with van der Waals surface area (Å²) >= 11 is 0. The molecule has 0 atom stereocenters. The number of rotatable bonds is 7. The number of nitrogens with zero attached hydrogens (tertiary/aromatic N) is 1. The second-order valence-electron chi connectivity index (χ2n) is 6.36. The van der Waals surface area contributed by atoms with Gasteiger partial charge in [0, 0.05) is 27.7 Å². The first-order valence-corrected chi connectivity index (χ1v) is 8.43. The molecule has 1 heterocycles. The fourth-order valence-electron chi connectivity index (χ4n) is 2.72. The van der Waals surface area contributed by atoms with Gasteiger partial charge in [0.2, 0.25) is 0 Å². The van der Waals surface area contributed by atoms with Crippen molar-refractivity contribution < 1.29 is 19.1 Å². The molecule has 0 aromatic heterocycles. The number of likely N-dealkylation sites (N-methyl/N-ethyl adjacent to an activating group) is 1. The minimum atomic E-state index is -0.752. The number of hydrogen-bond donors (Lipinski definition) is 2. The van der Waals surface area contributed by atoms with E-state index in [2.05, 4.69) is 10.6 Å². The average Bonchev–Trinajstić information content (AvgIpc) is 2.64. The highest BCUT2D eigenvalue weighted by atomic mass is 35.5. The topological polar surface area (TPSA) is 79.9 Å². The molecular weight excluding hydrogens is 358 g/mol. The van der Waals surface area contributed by atoms with Crippen molar-refractivity contribution >= 4 is 24.2 Å². The number of methoxy groups -OCH3 is 1. The van der Waals surface area contributed by atoms with Crippen molar-refractivity contribution in [3.63, 3.8) is 0 Å². The van der Waals surface area contributed by atoms with Gasteiger partial charge >= 0.3 is 0 Å². The van der Waals surface area contributed by atoms with Crippen LogP contribution in [0.2, 0.25) is 0 Å². The molecule has 7 nitrogen and oxygen atoms in total. The molecule has 146 valence electrons. The Morgan fingerprint density at radius 1 is 1.27 bits per heavy atom. The molecule has 2 N–H and O–H groups in total. The lowest BCUT2D eigenvalue weighted by atomic mass is 9.91. The molecule has 8 heteroatoms. The van der Waals surface area contributed by atoms with E-state index in [1.807, 2.05) is 18.2 Å². The Hall–Kier alpha value is -1.83. The van der Waals surface area contributed by atoms with Crippen molar-refractivity contribution in [2.75, 3.05) is 40.9 Å². The standard InChI is InChI=1S/C18H27N3O4.ClH/c1-21(2)16(22)13-25-15-6-4-5-14(11-15)12-20-17(23)18(24-3)7-9-19-10-8-18;/h4-6,11,19H,7-10,12-13H2,1-3H3,(H,20,23);1H. The van der Waals surface area contributed by atoms with E-state index in [-0.39, 0.29) is 30.8 Å². The molecule has 1 aliphatic heterocycles. The Morgan fingerprint density at radius 2 is 1.96 bits per heavy atom. The third kappa shape index (κ3) is 5.86. The van der Waals surface area contributed by atoms with Gasteiger partial charge in [-0.05, 0) is 43.6 Å². The highest BCUT2D eigenvalue weighted by molar-refractivity contribution is 5.85. The quantitative estimate of drug-likeness (QED) is 0.730. The van der Waals surface area contributed by atoms with Gasteiger partial charge in [0.1, 0.15) is 11.4 Å². The number of halogens is 1. The van der Waals surface area contributed by atoms with E-state index in [9.17, 15) is 9.59 Å². The summed E-state index contributed by atoms with van der Waals surface area (Å²) in [5, 5.41) is 6.18. The number of nitrogens with one attached hydrogen (secondary N) is 2. The van der Waals surface area contributed by atoms with Crippen LogP contribution in [0.3, 0.4) is 0 Å². The Balaban J connectivity index is 0.00000338. The summed E-state index contributed by atoms with van der Waals surface area (Å²) in [6.45, 7) is 1.91. The monoisotopic (exact) mass is 385 g/mol. The smallest absolute Gasteiger partial charge is 0.259 e. The molecule has 1 aliphatic rings. The lowest BCUT2D eigenvalue weighted by Gasteiger charge is -2.34. The summed E-state index contributed by atoms with van der Waals surface area (Å²) in [7, 11) is 4.95. The number of benzene rings is 1. The van der Waals surface area contributed by atoms with Crippen LogP contribution in [0, 0.1) is 0 Å². The van der Waals surface area contributed by atoms with Gasteiger partial charge in [-0.15, -0.1) is 12.4 Å². The maximum absolute atomic E-state index is 12.6. The minimum Gasteiger partial charge on any atom is -0.484 e. The average molecular weight is 386 g/mol. The number of ether oxygens (including phenoxy) is 2. The van der Waals surface area contributed by atoms with E-state index in [1.54, 1.807) is 27.3 Å². The zero-order valence-corrected chi connectivity index (χ0v) is 16.4. The number of carbonyl (C=O) groups excluding carboxylic acids is 2. The fraction of sp³-hybridized carbons (Fsp3) is 0.556. The normalized spacial score (nSPS) is 15.5. The molecule has 1 saturated heterocycles. The molecule has 1 fully saturated rings. The van der Waals surface area contributed by atoms with E-state index in [1.165, 1.54) is 4.90 Å². The van der Waals surface area contributed by atoms with Crippen molar-refractivity contribution in [1.29, 1.82) is 0 Å². The largest absolute Gasteiger partial charge is 0.484 e. The number of hydrogen-bond acceptors (Lipinski definition) is 5. The van der Waals surface area contributed by atoms with E-state index >= 15 is 0 Å². The van der Waals surface area contributed by atoms with Crippen molar-refractivity contribution in [3.8, 4) is 5.75 Å². The molecule has 0 saturated carbocycles. The molecule has 0 spiro atoms. The Morgan fingerprint density at radius 3 is 2.58 bits per heavy atom. The first-order valence-electron chi connectivity index (χ1n) is 8.43. The summed E-state index contributed by atoms with van der Waals surface area (Å²) in [6, 6.07) is 7.36. The van der Waals surface area contributed by atoms with Crippen molar-refractivity contribution in [2.45, 2.75) is 25.0 Å². The predicted molar refractivity (Wildman–Crippen MR) is 102 cm³/mol. The summed E-state index contributed by atoms with van der Waals surface area (Å²) in [5.74, 6) is 0.405. The van der Waals surface area contributed by atoms with Crippen LogP contribution in [-0.4, -0.2) is 63.2 Å². The van der Waals surface area contributed by atoms with E-state index in [0.29, 0.717) is 25.1 Å². The highest BCUT2D eigenvalue weighted by Gasteiger charge is 2.39. The van der Waals surface area contributed by atoms with Gasteiger partial charge in [0.05, 0.1) is 0 Å². The van der Waals surface area contributed by atoms with E-state index in [0.717, 1.165) is 18.7 Å². The molecular formula is C18H28ClN3O4. The molecule has 1 aromatic carbocycles.